The van der Waals surface area contributed by atoms with Crippen LogP contribution in [0.5, 0.6) is 0 Å². The fourth-order valence-corrected chi connectivity index (χ4v) is 2.83. The smallest absolute Gasteiger partial charge is 0.224 e. The van der Waals surface area contributed by atoms with Gasteiger partial charge in [0.25, 0.3) is 0 Å². The first-order valence-corrected chi connectivity index (χ1v) is 7.14. The molecule has 2 aliphatic heterocycles. The second-order valence-corrected chi connectivity index (χ2v) is 5.94. The molecule has 1 saturated heterocycles. The summed E-state index contributed by atoms with van der Waals surface area (Å²) in [6, 6.07) is 3.93. The van der Waals surface area contributed by atoms with Crippen molar-refractivity contribution in [3.63, 3.8) is 0 Å². The highest BCUT2D eigenvalue weighted by atomic mass is 16.5. The first kappa shape index (κ1) is 13.2. The lowest BCUT2D eigenvalue weighted by Gasteiger charge is -2.36. The largest absolute Gasteiger partial charge is 0.397 e. The summed E-state index contributed by atoms with van der Waals surface area (Å²) in [5, 5.41) is 6.45. The number of carbonyl (C=O) groups excluding carboxylic acids is 1. The number of nitrogens with two attached hydrogens (primary N) is 1. The van der Waals surface area contributed by atoms with E-state index in [1.54, 1.807) is 0 Å². The lowest BCUT2D eigenvalue weighted by Crippen LogP contribution is -2.40. The van der Waals surface area contributed by atoms with Crippen LogP contribution in [-0.2, 0) is 16.0 Å². The zero-order valence-electron chi connectivity index (χ0n) is 11.8. The number of amides is 1. The summed E-state index contributed by atoms with van der Waals surface area (Å²) in [6.45, 7) is 3.73. The summed E-state index contributed by atoms with van der Waals surface area (Å²) < 4.78 is 5.41. The molecule has 0 aromatic heterocycles. The maximum absolute atomic E-state index is 11.5. The number of hydrogen-bond acceptors (Lipinski definition) is 4. The number of nitrogen functional groups attached to an aromatic ring is 1. The second-order valence-electron chi connectivity index (χ2n) is 5.94. The topological polar surface area (TPSA) is 76.4 Å². The average Bonchev–Trinajstić information content (AvgIpc) is 2.41. The van der Waals surface area contributed by atoms with E-state index in [2.05, 4.69) is 17.6 Å². The molecule has 0 spiro atoms. The zero-order valence-corrected chi connectivity index (χ0v) is 11.8. The van der Waals surface area contributed by atoms with Gasteiger partial charge in [0, 0.05) is 30.9 Å². The van der Waals surface area contributed by atoms with Gasteiger partial charge in [0.15, 0.2) is 0 Å². The Morgan fingerprint density at radius 2 is 2.05 bits per heavy atom. The van der Waals surface area contributed by atoms with Crippen molar-refractivity contribution in [2.75, 3.05) is 29.6 Å². The van der Waals surface area contributed by atoms with Crippen LogP contribution < -0.4 is 16.4 Å². The molecular weight excluding hydrogens is 254 g/mol. The van der Waals surface area contributed by atoms with Gasteiger partial charge in [0.05, 0.1) is 11.4 Å². The molecular formula is C15H21N3O2. The minimum atomic E-state index is -0.000712. The molecule has 1 aromatic carbocycles. The fraction of sp³-hybridized carbons (Fsp3) is 0.533. The van der Waals surface area contributed by atoms with Gasteiger partial charge in [-0.3, -0.25) is 4.79 Å². The van der Waals surface area contributed by atoms with Crippen LogP contribution in [0, 0.1) is 0 Å². The monoisotopic (exact) mass is 275 g/mol. The zero-order chi connectivity index (χ0) is 14.2. The molecule has 3 rings (SSSR count). The van der Waals surface area contributed by atoms with Crippen LogP contribution >= 0.6 is 0 Å². The first-order chi connectivity index (χ1) is 9.56. The molecule has 0 atom stereocenters. The van der Waals surface area contributed by atoms with E-state index in [0.717, 1.165) is 55.1 Å². The van der Waals surface area contributed by atoms with E-state index < -0.39 is 0 Å². The third-order valence-electron chi connectivity index (χ3n) is 4.20. The van der Waals surface area contributed by atoms with E-state index in [0.29, 0.717) is 6.42 Å². The number of benzene rings is 1. The van der Waals surface area contributed by atoms with Gasteiger partial charge in [-0.05, 0) is 43.9 Å². The SMILES string of the molecule is CC1(Nc2cc3c(cc2N)CCC(=O)N3)CCOCC1. The van der Waals surface area contributed by atoms with Crippen molar-refractivity contribution >= 4 is 23.0 Å². The summed E-state index contributed by atoms with van der Waals surface area (Å²) in [5.74, 6) is 0.0745. The molecule has 1 aromatic rings. The lowest BCUT2D eigenvalue weighted by molar-refractivity contribution is -0.116. The maximum Gasteiger partial charge on any atom is 0.224 e. The molecule has 2 aliphatic rings. The molecule has 5 heteroatoms. The quantitative estimate of drug-likeness (QED) is 0.723. The number of aryl methyl sites for hydroxylation is 1. The van der Waals surface area contributed by atoms with Crippen molar-refractivity contribution in [2.24, 2.45) is 0 Å². The van der Waals surface area contributed by atoms with Crippen molar-refractivity contribution in [1.29, 1.82) is 0 Å². The van der Waals surface area contributed by atoms with Crippen molar-refractivity contribution in [2.45, 2.75) is 38.1 Å². The van der Waals surface area contributed by atoms with Crippen LogP contribution in [0.2, 0.25) is 0 Å². The van der Waals surface area contributed by atoms with Crippen LogP contribution in [0.4, 0.5) is 17.1 Å². The van der Waals surface area contributed by atoms with E-state index in [1.165, 1.54) is 0 Å². The summed E-state index contributed by atoms with van der Waals surface area (Å²) in [7, 11) is 0. The fourth-order valence-electron chi connectivity index (χ4n) is 2.83. The Hall–Kier alpha value is -1.75. The minimum absolute atomic E-state index is 0.000712. The Balaban J connectivity index is 1.86. The van der Waals surface area contributed by atoms with E-state index in [4.69, 9.17) is 10.5 Å². The molecule has 2 heterocycles. The van der Waals surface area contributed by atoms with Gasteiger partial charge in [-0.2, -0.15) is 0 Å². The highest BCUT2D eigenvalue weighted by molar-refractivity contribution is 5.95. The summed E-state index contributed by atoms with van der Waals surface area (Å²) in [4.78, 5) is 11.5. The van der Waals surface area contributed by atoms with E-state index in [-0.39, 0.29) is 11.4 Å². The molecule has 5 nitrogen and oxygen atoms in total. The van der Waals surface area contributed by atoms with E-state index >= 15 is 0 Å². The van der Waals surface area contributed by atoms with Gasteiger partial charge in [-0.15, -0.1) is 0 Å². The van der Waals surface area contributed by atoms with E-state index in [1.807, 2.05) is 12.1 Å². The van der Waals surface area contributed by atoms with Gasteiger partial charge >= 0.3 is 0 Å². The van der Waals surface area contributed by atoms with Gasteiger partial charge in [-0.1, -0.05) is 0 Å². The Kier molecular flexibility index (Phi) is 3.30. The predicted octanol–water partition coefficient (Wildman–Crippen LogP) is 2.13. The highest BCUT2D eigenvalue weighted by Gasteiger charge is 2.28. The number of fused-ring (bicyclic) bond motifs is 1. The molecule has 0 unspecified atom stereocenters. The number of ether oxygens (including phenoxy) is 1. The molecule has 108 valence electrons. The van der Waals surface area contributed by atoms with Crippen LogP contribution in [0.15, 0.2) is 12.1 Å². The number of hydrogen-bond donors (Lipinski definition) is 3. The number of anilines is 3. The van der Waals surface area contributed by atoms with Crippen molar-refractivity contribution in [1.82, 2.24) is 0 Å². The lowest BCUT2D eigenvalue weighted by atomic mass is 9.91. The van der Waals surface area contributed by atoms with Gasteiger partial charge in [-0.25, -0.2) is 0 Å². The van der Waals surface area contributed by atoms with Crippen LogP contribution in [-0.4, -0.2) is 24.7 Å². The van der Waals surface area contributed by atoms with Gasteiger partial charge in [0.1, 0.15) is 0 Å². The standard InChI is InChI=1S/C15H21N3O2/c1-15(4-6-20-7-5-15)18-13-9-12-10(8-11(13)16)2-3-14(19)17-12/h8-9,18H,2-7,16H2,1H3,(H,17,19). The number of nitrogens with one attached hydrogen (secondary N) is 2. The summed E-state index contributed by atoms with van der Waals surface area (Å²) in [5.41, 5.74) is 9.79. The van der Waals surface area contributed by atoms with Gasteiger partial charge < -0.3 is 21.1 Å². The molecule has 4 N–H and O–H groups in total. The van der Waals surface area contributed by atoms with Crippen LogP contribution in [0.1, 0.15) is 31.7 Å². The Labute approximate surface area is 118 Å². The highest BCUT2D eigenvalue weighted by Crippen LogP contribution is 2.34. The molecule has 1 fully saturated rings. The predicted molar refractivity (Wildman–Crippen MR) is 79.9 cm³/mol. The number of carbonyl (C=O) groups is 1. The molecule has 0 saturated carbocycles. The summed E-state index contributed by atoms with van der Waals surface area (Å²) >= 11 is 0. The van der Waals surface area contributed by atoms with Crippen molar-refractivity contribution in [3.05, 3.63) is 17.7 Å². The van der Waals surface area contributed by atoms with Gasteiger partial charge in [0.2, 0.25) is 5.91 Å². The Morgan fingerprint density at radius 1 is 1.30 bits per heavy atom. The molecule has 1 amide bonds. The average molecular weight is 275 g/mol. The number of rotatable bonds is 2. The molecule has 20 heavy (non-hydrogen) atoms. The summed E-state index contributed by atoms with van der Waals surface area (Å²) in [6.07, 6.45) is 3.21. The molecule has 0 bridgehead atoms. The Bertz CT molecular complexity index is 536. The molecule has 0 radical (unpaired) electrons. The second kappa shape index (κ2) is 4.98. The first-order valence-electron chi connectivity index (χ1n) is 7.14. The normalized spacial score (nSPS) is 20.9. The molecule has 0 aliphatic carbocycles. The maximum atomic E-state index is 11.5. The van der Waals surface area contributed by atoms with E-state index in [9.17, 15) is 4.79 Å². The van der Waals surface area contributed by atoms with Crippen LogP contribution in [0.3, 0.4) is 0 Å². The Morgan fingerprint density at radius 3 is 2.80 bits per heavy atom. The van der Waals surface area contributed by atoms with Crippen LogP contribution in [0.25, 0.3) is 0 Å². The third kappa shape index (κ3) is 2.58. The van der Waals surface area contributed by atoms with Crippen molar-refractivity contribution < 1.29 is 9.53 Å². The minimum Gasteiger partial charge on any atom is -0.397 e. The van der Waals surface area contributed by atoms with Crippen molar-refractivity contribution in [3.8, 4) is 0 Å². The third-order valence-corrected chi connectivity index (χ3v) is 4.20.